The summed E-state index contributed by atoms with van der Waals surface area (Å²) in [6.07, 6.45) is 1.74. The Kier molecular flexibility index (Phi) is 7.12. The van der Waals surface area contributed by atoms with Gasteiger partial charge in [-0.05, 0) is 13.0 Å². The molecule has 15 heavy (non-hydrogen) atoms. The quantitative estimate of drug-likeness (QED) is 0.405. The third-order valence-electron chi connectivity index (χ3n) is 1.65. The van der Waals surface area contributed by atoms with Crippen molar-refractivity contribution in [1.29, 1.82) is 0 Å². The Morgan fingerprint density at radius 3 is 2.60 bits per heavy atom. The molecular weight excluding hydrogens is 286 g/mol. The maximum absolute atomic E-state index is 10.9. The van der Waals surface area contributed by atoms with E-state index in [1.165, 1.54) is 13.4 Å². The van der Waals surface area contributed by atoms with Gasteiger partial charge in [0.05, 0.1) is 12.9 Å². The highest BCUT2D eigenvalue weighted by Gasteiger charge is 2.13. The fourth-order valence-corrected chi connectivity index (χ4v) is 1.98. The molecule has 7 heteroatoms. The van der Waals surface area contributed by atoms with Gasteiger partial charge in [0.1, 0.15) is 14.7 Å². The molecule has 0 saturated heterocycles. The first-order valence-corrected chi connectivity index (χ1v) is 7.45. The molecule has 0 radical (unpaired) electrons. The van der Waals surface area contributed by atoms with Crippen molar-refractivity contribution in [2.45, 2.75) is 11.2 Å². The van der Waals surface area contributed by atoms with E-state index in [0.717, 1.165) is 0 Å². The van der Waals surface area contributed by atoms with Crippen LogP contribution in [-0.4, -0.2) is 51.4 Å². The molecule has 5 nitrogen and oxygen atoms in total. The summed E-state index contributed by atoms with van der Waals surface area (Å²) in [5.41, 5.74) is 0. The zero-order chi connectivity index (χ0) is 11.9. The summed E-state index contributed by atoms with van der Waals surface area (Å²) in [5, 5.41) is 2.96. The minimum atomic E-state index is -2.89. The summed E-state index contributed by atoms with van der Waals surface area (Å²) in [5.74, 6) is -0.184. The molecule has 1 unspecified atom stereocenters. The number of hydrogen-bond acceptors (Lipinski definition) is 5. The maximum atomic E-state index is 10.9. The summed E-state index contributed by atoms with van der Waals surface area (Å²) >= 11 is 3.14. The van der Waals surface area contributed by atoms with E-state index in [-0.39, 0.29) is 16.5 Å². The van der Waals surface area contributed by atoms with E-state index in [2.05, 4.69) is 26.0 Å². The first-order valence-electron chi connectivity index (χ1n) is 4.47. The molecular formula is C8H16BrNO4S. The van der Waals surface area contributed by atoms with Gasteiger partial charge < -0.3 is 10.1 Å². The standard InChI is InChI=1S/C8H16BrNO4S/c1-14-8(11)7(9)6-10-4-3-5-15(2,12)13/h7,10H,3-6H2,1-2H3. The third kappa shape index (κ3) is 8.83. The van der Waals surface area contributed by atoms with Gasteiger partial charge in [-0.15, -0.1) is 0 Å². The lowest BCUT2D eigenvalue weighted by Crippen LogP contribution is -2.30. The van der Waals surface area contributed by atoms with Crippen LogP contribution in [0.1, 0.15) is 6.42 Å². The number of ether oxygens (including phenoxy) is 1. The van der Waals surface area contributed by atoms with Crippen molar-refractivity contribution >= 4 is 31.7 Å². The van der Waals surface area contributed by atoms with Gasteiger partial charge in [-0.2, -0.15) is 0 Å². The number of alkyl halides is 1. The fourth-order valence-electron chi connectivity index (χ4n) is 0.899. The van der Waals surface area contributed by atoms with Gasteiger partial charge in [0.2, 0.25) is 0 Å². The highest BCUT2D eigenvalue weighted by atomic mass is 79.9. The van der Waals surface area contributed by atoms with Crippen molar-refractivity contribution in [2.24, 2.45) is 0 Å². The number of methoxy groups -OCH3 is 1. The highest BCUT2D eigenvalue weighted by molar-refractivity contribution is 9.10. The molecule has 0 bridgehead atoms. The lowest BCUT2D eigenvalue weighted by atomic mass is 10.4. The fraction of sp³-hybridized carbons (Fsp3) is 0.875. The van der Waals surface area contributed by atoms with Crippen LogP contribution in [0.25, 0.3) is 0 Å². The first kappa shape index (κ1) is 14.9. The van der Waals surface area contributed by atoms with Gasteiger partial charge >= 0.3 is 5.97 Å². The molecule has 0 amide bonds. The average Bonchev–Trinajstić information content (AvgIpc) is 2.14. The molecule has 1 N–H and O–H groups in total. The molecule has 0 heterocycles. The first-order chi connectivity index (χ1) is 6.87. The Balaban J connectivity index is 3.51. The molecule has 0 rings (SSSR count). The van der Waals surface area contributed by atoms with Crippen LogP contribution in [0.3, 0.4) is 0 Å². The van der Waals surface area contributed by atoms with Crippen molar-refractivity contribution in [3.63, 3.8) is 0 Å². The number of carbonyl (C=O) groups excluding carboxylic acids is 1. The predicted molar refractivity (Wildman–Crippen MR) is 61.9 cm³/mol. The molecule has 0 aliphatic heterocycles. The van der Waals surface area contributed by atoms with Crippen molar-refractivity contribution in [1.82, 2.24) is 5.32 Å². The zero-order valence-electron chi connectivity index (χ0n) is 8.82. The van der Waals surface area contributed by atoms with Crippen LogP contribution in [0.2, 0.25) is 0 Å². The average molecular weight is 302 g/mol. The van der Waals surface area contributed by atoms with Crippen LogP contribution in [-0.2, 0) is 19.4 Å². The molecule has 0 saturated carbocycles. The second-order valence-corrected chi connectivity index (χ2v) is 6.54. The molecule has 0 aliphatic carbocycles. The Morgan fingerprint density at radius 2 is 2.13 bits per heavy atom. The molecule has 0 spiro atoms. The van der Waals surface area contributed by atoms with Crippen molar-refractivity contribution < 1.29 is 17.9 Å². The number of rotatable bonds is 7. The number of esters is 1. The van der Waals surface area contributed by atoms with Gasteiger partial charge in [-0.1, -0.05) is 15.9 Å². The van der Waals surface area contributed by atoms with Crippen molar-refractivity contribution in [3.8, 4) is 0 Å². The second kappa shape index (κ2) is 7.19. The van der Waals surface area contributed by atoms with Crippen molar-refractivity contribution in [2.75, 3.05) is 32.2 Å². The largest absolute Gasteiger partial charge is 0.468 e. The van der Waals surface area contributed by atoms with Gasteiger partial charge in [0, 0.05) is 12.8 Å². The molecule has 90 valence electrons. The SMILES string of the molecule is COC(=O)C(Br)CNCCCS(C)(=O)=O. The summed E-state index contributed by atoms with van der Waals surface area (Å²) in [4.78, 5) is 10.5. The molecule has 0 fully saturated rings. The minimum Gasteiger partial charge on any atom is -0.468 e. The smallest absolute Gasteiger partial charge is 0.320 e. The number of carbonyl (C=O) groups is 1. The minimum absolute atomic E-state index is 0.158. The van der Waals surface area contributed by atoms with Gasteiger partial charge in [0.15, 0.2) is 0 Å². The summed E-state index contributed by atoms with van der Waals surface area (Å²) in [7, 11) is -1.57. The van der Waals surface area contributed by atoms with Crippen LogP contribution >= 0.6 is 15.9 Å². The topological polar surface area (TPSA) is 72.5 Å². The predicted octanol–water partition coefficient (Wildman–Crippen LogP) is -0.0528. The van der Waals surface area contributed by atoms with Crippen LogP contribution in [0, 0.1) is 0 Å². The van der Waals surface area contributed by atoms with E-state index in [0.29, 0.717) is 19.5 Å². The number of hydrogen-bond donors (Lipinski definition) is 1. The zero-order valence-corrected chi connectivity index (χ0v) is 11.2. The Hall–Kier alpha value is -0.140. The molecule has 0 aromatic rings. The molecule has 1 atom stereocenters. The van der Waals surface area contributed by atoms with Gasteiger partial charge in [-0.3, -0.25) is 4.79 Å². The normalized spacial score (nSPS) is 13.5. The van der Waals surface area contributed by atoms with Crippen molar-refractivity contribution in [3.05, 3.63) is 0 Å². The van der Waals surface area contributed by atoms with E-state index < -0.39 is 9.84 Å². The lowest BCUT2D eigenvalue weighted by Gasteiger charge is -2.08. The van der Waals surface area contributed by atoms with E-state index in [4.69, 9.17) is 0 Å². The number of sulfone groups is 1. The lowest BCUT2D eigenvalue weighted by molar-refractivity contribution is -0.139. The summed E-state index contributed by atoms with van der Waals surface area (Å²) in [6, 6.07) is 0. The van der Waals surface area contributed by atoms with Crippen LogP contribution < -0.4 is 5.32 Å². The number of halogens is 1. The third-order valence-corrected chi connectivity index (χ3v) is 3.38. The van der Waals surface area contributed by atoms with Crippen LogP contribution in [0.5, 0.6) is 0 Å². The molecule has 0 aromatic carbocycles. The van der Waals surface area contributed by atoms with Gasteiger partial charge in [0.25, 0.3) is 0 Å². The van der Waals surface area contributed by atoms with Gasteiger partial charge in [-0.25, -0.2) is 8.42 Å². The molecule has 0 aliphatic rings. The van der Waals surface area contributed by atoms with Crippen LogP contribution in [0.4, 0.5) is 0 Å². The number of nitrogens with one attached hydrogen (secondary N) is 1. The van der Waals surface area contributed by atoms with E-state index in [1.807, 2.05) is 0 Å². The monoisotopic (exact) mass is 301 g/mol. The Bertz CT molecular complexity index is 291. The van der Waals surface area contributed by atoms with E-state index in [1.54, 1.807) is 0 Å². The Labute approximate surface area is 98.6 Å². The van der Waals surface area contributed by atoms with E-state index in [9.17, 15) is 13.2 Å². The highest BCUT2D eigenvalue weighted by Crippen LogP contribution is 1.99. The van der Waals surface area contributed by atoms with E-state index >= 15 is 0 Å². The summed E-state index contributed by atoms with van der Waals surface area (Å²) < 4.78 is 26.0. The maximum Gasteiger partial charge on any atom is 0.320 e. The van der Waals surface area contributed by atoms with Crippen LogP contribution in [0.15, 0.2) is 0 Å². The molecule has 0 aromatic heterocycles. The second-order valence-electron chi connectivity index (χ2n) is 3.18. The Morgan fingerprint density at radius 1 is 1.53 bits per heavy atom. The summed E-state index contributed by atoms with van der Waals surface area (Å²) in [6.45, 7) is 0.989.